The number of hydrogen-bond acceptors (Lipinski definition) is 0. The molecule has 2 aliphatic carbocycles. The van der Waals surface area contributed by atoms with Crippen LogP contribution in [0.1, 0.15) is 51.9 Å². The summed E-state index contributed by atoms with van der Waals surface area (Å²) in [6, 6.07) is 0. The molecule has 0 nitrogen and oxygen atoms in total. The van der Waals surface area contributed by atoms with Crippen LogP contribution in [0, 0.1) is 17.8 Å². The second-order valence-electron chi connectivity index (χ2n) is 4.71. The van der Waals surface area contributed by atoms with Crippen LogP contribution in [-0.2, 0) is 0 Å². The van der Waals surface area contributed by atoms with Crippen molar-refractivity contribution < 1.29 is 0 Å². The molecule has 0 spiro atoms. The minimum atomic E-state index is 1.03. The maximum atomic E-state index is 2.43. The molecule has 2 rings (SSSR count). The van der Waals surface area contributed by atoms with Crippen molar-refractivity contribution in [2.75, 3.05) is 0 Å². The molecule has 0 bridgehead atoms. The van der Waals surface area contributed by atoms with Crippen LogP contribution in [0.3, 0.4) is 0 Å². The molecule has 11 heavy (non-hydrogen) atoms. The SMILES string of the molecule is CC1CCC2CCCC2CC1. The maximum absolute atomic E-state index is 2.43. The number of hydrogen-bond donors (Lipinski definition) is 0. The minimum absolute atomic E-state index is 1.03. The fraction of sp³-hybridized carbons (Fsp3) is 1.00. The molecule has 0 aromatic rings. The standard InChI is InChI=1S/C11H20/c1-9-5-7-10-3-2-4-11(10)8-6-9/h9-11H,2-8H2,1H3. The van der Waals surface area contributed by atoms with E-state index < -0.39 is 0 Å². The summed E-state index contributed by atoms with van der Waals surface area (Å²) in [4.78, 5) is 0. The van der Waals surface area contributed by atoms with Crippen molar-refractivity contribution in [2.45, 2.75) is 51.9 Å². The average molecular weight is 152 g/mol. The first kappa shape index (κ1) is 7.64. The quantitative estimate of drug-likeness (QED) is 0.497. The van der Waals surface area contributed by atoms with Gasteiger partial charge < -0.3 is 0 Å². The van der Waals surface area contributed by atoms with Crippen LogP contribution in [0.15, 0.2) is 0 Å². The Labute approximate surface area is 70.4 Å². The molecule has 0 saturated heterocycles. The summed E-state index contributed by atoms with van der Waals surface area (Å²) in [5.74, 6) is 3.31. The van der Waals surface area contributed by atoms with Crippen molar-refractivity contribution in [3.05, 3.63) is 0 Å². The van der Waals surface area contributed by atoms with Crippen molar-refractivity contribution in [1.29, 1.82) is 0 Å². The third-order valence-corrected chi connectivity index (χ3v) is 3.88. The molecular formula is C11H20. The second-order valence-corrected chi connectivity index (χ2v) is 4.71. The first-order valence-electron chi connectivity index (χ1n) is 5.36. The molecule has 2 aliphatic rings. The topological polar surface area (TPSA) is 0 Å². The minimum Gasteiger partial charge on any atom is -0.0625 e. The largest absolute Gasteiger partial charge is 0.0625 e. The van der Waals surface area contributed by atoms with E-state index in [2.05, 4.69) is 6.92 Å². The molecular weight excluding hydrogens is 132 g/mol. The highest BCUT2D eigenvalue weighted by atomic mass is 14.3. The maximum Gasteiger partial charge on any atom is -0.0386 e. The molecule has 2 saturated carbocycles. The lowest BCUT2D eigenvalue weighted by molar-refractivity contribution is 0.367. The van der Waals surface area contributed by atoms with Gasteiger partial charge >= 0.3 is 0 Å². The predicted octanol–water partition coefficient (Wildman–Crippen LogP) is 3.61. The third kappa shape index (κ3) is 1.60. The van der Waals surface area contributed by atoms with E-state index in [1.54, 1.807) is 25.7 Å². The second kappa shape index (κ2) is 3.16. The van der Waals surface area contributed by atoms with Crippen LogP contribution in [-0.4, -0.2) is 0 Å². The summed E-state index contributed by atoms with van der Waals surface area (Å²) in [6.45, 7) is 2.43. The van der Waals surface area contributed by atoms with Gasteiger partial charge in [-0.15, -0.1) is 0 Å². The molecule has 0 heterocycles. The lowest BCUT2D eigenvalue weighted by Gasteiger charge is -2.14. The lowest BCUT2D eigenvalue weighted by atomic mass is 9.92. The molecule has 2 atom stereocenters. The fourth-order valence-corrected chi connectivity index (χ4v) is 3.02. The van der Waals surface area contributed by atoms with Crippen molar-refractivity contribution in [1.82, 2.24) is 0 Å². The smallest absolute Gasteiger partial charge is 0.0386 e. The summed E-state index contributed by atoms with van der Waals surface area (Å²) in [6.07, 6.45) is 10.8. The average Bonchev–Trinajstić information content (AvgIpc) is 2.38. The van der Waals surface area contributed by atoms with E-state index in [-0.39, 0.29) is 0 Å². The van der Waals surface area contributed by atoms with Gasteiger partial charge in [-0.05, 0) is 30.6 Å². The van der Waals surface area contributed by atoms with Gasteiger partial charge in [0.2, 0.25) is 0 Å². The van der Waals surface area contributed by atoms with Gasteiger partial charge in [0, 0.05) is 0 Å². The monoisotopic (exact) mass is 152 g/mol. The zero-order valence-corrected chi connectivity index (χ0v) is 7.68. The van der Waals surface area contributed by atoms with E-state index in [0.717, 1.165) is 17.8 Å². The predicted molar refractivity (Wildman–Crippen MR) is 48.5 cm³/mol. The Bertz CT molecular complexity index is 114. The third-order valence-electron chi connectivity index (χ3n) is 3.88. The van der Waals surface area contributed by atoms with E-state index in [4.69, 9.17) is 0 Å². The van der Waals surface area contributed by atoms with Crippen LogP contribution in [0.2, 0.25) is 0 Å². The normalized spacial score (nSPS) is 45.0. The summed E-state index contributed by atoms with van der Waals surface area (Å²) >= 11 is 0. The van der Waals surface area contributed by atoms with Crippen molar-refractivity contribution in [3.8, 4) is 0 Å². The highest BCUT2D eigenvalue weighted by Crippen LogP contribution is 2.41. The Morgan fingerprint density at radius 3 is 1.82 bits per heavy atom. The molecule has 2 unspecified atom stereocenters. The molecule has 0 aromatic carbocycles. The van der Waals surface area contributed by atoms with Crippen LogP contribution in [0.4, 0.5) is 0 Å². The Kier molecular flexibility index (Phi) is 2.20. The van der Waals surface area contributed by atoms with Crippen molar-refractivity contribution in [2.24, 2.45) is 17.8 Å². The molecule has 2 fully saturated rings. The van der Waals surface area contributed by atoms with Crippen molar-refractivity contribution >= 4 is 0 Å². The van der Waals surface area contributed by atoms with E-state index >= 15 is 0 Å². The molecule has 0 amide bonds. The van der Waals surface area contributed by atoms with Crippen LogP contribution in [0.25, 0.3) is 0 Å². The van der Waals surface area contributed by atoms with Gasteiger partial charge in [0.1, 0.15) is 0 Å². The zero-order valence-electron chi connectivity index (χ0n) is 7.68. The zero-order chi connectivity index (χ0) is 7.68. The summed E-state index contributed by atoms with van der Waals surface area (Å²) in [5, 5.41) is 0. The Balaban J connectivity index is 1.95. The summed E-state index contributed by atoms with van der Waals surface area (Å²) in [7, 11) is 0. The Morgan fingerprint density at radius 1 is 0.727 bits per heavy atom. The summed E-state index contributed by atoms with van der Waals surface area (Å²) < 4.78 is 0. The van der Waals surface area contributed by atoms with Gasteiger partial charge in [0.15, 0.2) is 0 Å². The highest BCUT2D eigenvalue weighted by molar-refractivity contribution is 4.81. The van der Waals surface area contributed by atoms with Gasteiger partial charge in [-0.1, -0.05) is 39.0 Å². The first-order valence-corrected chi connectivity index (χ1v) is 5.36. The van der Waals surface area contributed by atoms with E-state index in [9.17, 15) is 0 Å². The molecule has 0 aromatic heterocycles. The van der Waals surface area contributed by atoms with Crippen LogP contribution >= 0.6 is 0 Å². The number of rotatable bonds is 0. The summed E-state index contributed by atoms with van der Waals surface area (Å²) in [5.41, 5.74) is 0. The van der Waals surface area contributed by atoms with E-state index in [1.807, 2.05) is 0 Å². The molecule has 0 aliphatic heterocycles. The number of fused-ring (bicyclic) bond motifs is 1. The first-order chi connectivity index (χ1) is 5.36. The van der Waals surface area contributed by atoms with E-state index in [0.29, 0.717) is 0 Å². The molecule has 0 N–H and O–H groups in total. The van der Waals surface area contributed by atoms with Crippen LogP contribution in [0.5, 0.6) is 0 Å². The van der Waals surface area contributed by atoms with Crippen molar-refractivity contribution in [3.63, 3.8) is 0 Å². The highest BCUT2D eigenvalue weighted by Gasteiger charge is 2.29. The van der Waals surface area contributed by atoms with Gasteiger partial charge in [-0.2, -0.15) is 0 Å². The molecule has 0 radical (unpaired) electrons. The molecule has 64 valence electrons. The Hall–Kier alpha value is 0. The van der Waals surface area contributed by atoms with Crippen LogP contribution < -0.4 is 0 Å². The van der Waals surface area contributed by atoms with Gasteiger partial charge in [0.05, 0.1) is 0 Å². The van der Waals surface area contributed by atoms with Gasteiger partial charge in [-0.3, -0.25) is 0 Å². The Morgan fingerprint density at radius 2 is 1.27 bits per heavy atom. The van der Waals surface area contributed by atoms with Gasteiger partial charge in [-0.25, -0.2) is 0 Å². The van der Waals surface area contributed by atoms with E-state index in [1.165, 1.54) is 19.3 Å². The molecule has 0 heteroatoms. The fourth-order valence-electron chi connectivity index (χ4n) is 3.02. The lowest BCUT2D eigenvalue weighted by Crippen LogP contribution is -2.04. The van der Waals surface area contributed by atoms with Gasteiger partial charge in [0.25, 0.3) is 0 Å².